The molecular formula is C59H67BF4N10O15. The summed E-state index contributed by atoms with van der Waals surface area (Å²) in [5.74, 6) is -9.47. The molecule has 2 radical (unpaired) electrons. The van der Waals surface area contributed by atoms with E-state index in [2.05, 4.69) is 37.2 Å². The quantitative estimate of drug-likeness (QED) is 0.00877. The number of hydrogen-bond acceptors (Lipinski definition) is 17. The first-order valence-electron chi connectivity index (χ1n) is 28.4. The molecule has 1 unspecified atom stereocenters. The number of halogens is 4. The van der Waals surface area contributed by atoms with E-state index >= 15 is 4.39 Å². The SMILES string of the molecule is [B]C(C)(COC(C)(C)CCNC[C@@H](C(=O)NCC(=O)NCC(=O)N[C@@H](Cc1ccccc1)C(=O)NCC(=O)NCO[C@@H](C(=O)N[C@H]1CCc2c(C)c(F)cc3nc4c(c1c23)Cn1c-4cc2c(c1=O)COC(=O)[C@]2(O)CC)C(F)(F)F)N1C(=O)C=CC1=O)OC. The number of ether oxygens (including phenoxy) is 4. The van der Waals surface area contributed by atoms with E-state index in [1.165, 1.54) is 31.6 Å². The summed E-state index contributed by atoms with van der Waals surface area (Å²) in [5.41, 5.74) is -2.39. The molecule has 89 heavy (non-hydrogen) atoms. The normalized spacial score (nSPS) is 18.4. The van der Waals surface area contributed by atoms with Crippen LogP contribution < -0.4 is 42.8 Å². The minimum atomic E-state index is -5.36. The highest BCUT2D eigenvalue weighted by Crippen LogP contribution is 2.46. The zero-order valence-electron chi connectivity index (χ0n) is 49.5. The molecule has 0 spiro atoms. The number of esters is 1. The number of aromatic nitrogens is 2. The Kier molecular flexibility index (Phi) is 20.3. The van der Waals surface area contributed by atoms with Crippen LogP contribution in [0, 0.1) is 12.7 Å². The van der Waals surface area contributed by atoms with E-state index in [1.54, 1.807) is 37.3 Å². The van der Waals surface area contributed by atoms with Gasteiger partial charge in [0, 0.05) is 60.3 Å². The fraction of sp³-hybridized carbons (Fsp3) is 0.475. The van der Waals surface area contributed by atoms with Crippen LogP contribution in [0.1, 0.15) is 91.9 Å². The van der Waals surface area contributed by atoms with Crippen LogP contribution in [0.25, 0.3) is 22.3 Å². The Morgan fingerprint density at radius 2 is 1.55 bits per heavy atom. The molecule has 4 aliphatic rings. The average molecular weight is 1240 g/mol. The molecule has 30 heteroatoms. The molecule has 474 valence electrons. The van der Waals surface area contributed by atoms with E-state index in [9.17, 15) is 66.2 Å². The van der Waals surface area contributed by atoms with E-state index in [-0.39, 0.29) is 91.1 Å². The number of carbonyl (C=O) groups excluding carboxylic acids is 9. The molecule has 5 heterocycles. The number of rotatable bonds is 27. The molecule has 0 fully saturated rings. The summed E-state index contributed by atoms with van der Waals surface area (Å²) in [6.07, 6.45) is -6.39. The van der Waals surface area contributed by atoms with Crippen LogP contribution in [0.2, 0.25) is 0 Å². The second-order valence-corrected chi connectivity index (χ2v) is 22.7. The van der Waals surface area contributed by atoms with Gasteiger partial charge in [0.05, 0.1) is 66.9 Å². The molecule has 25 nitrogen and oxygen atoms in total. The number of cyclic esters (lactones) is 1. The monoisotopic (exact) mass is 1240 g/mol. The fourth-order valence-electron chi connectivity index (χ4n) is 10.8. The number of aliphatic hydroxyl groups is 1. The van der Waals surface area contributed by atoms with Crippen molar-refractivity contribution in [1.82, 2.24) is 51.7 Å². The van der Waals surface area contributed by atoms with Crippen molar-refractivity contribution in [2.75, 3.05) is 53.2 Å². The standard InChI is InChI=1S/C59H67BF4N10O15/c1-7-58(85)35-20-40-49-33(26-73(40)54(83)34(35)27-87-55(58)84)48-37(14-13-32-30(2)36(61)21-38(71-49)47(32)48)72-53(82)50(59(62,63)64)88-29-69-43(76)24-67-51(80)39(19-31-11-9-8-10-12-31)70-44(77)25-66-42(75)23-68-52(81)41(74-45(78)15-16-46(74)79)22-65-18-17-56(3,4)89-28-57(5,60)86-6/h8-12,15-16,20-21,37,39,41,50,65,85H,7,13-14,17-19,22-29H2,1-6H3,(H,66,75)(H,67,80)(H,68,81)(H,69,76)(H,70,77)(H,72,82)/t37-,39-,41-,50-,57?,58-/m0/s1. The van der Waals surface area contributed by atoms with E-state index in [0.717, 1.165) is 23.1 Å². The van der Waals surface area contributed by atoms with Gasteiger partial charge in [0.25, 0.3) is 23.3 Å². The van der Waals surface area contributed by atoms with E-state index in [0.29, 0.717) is 28.5 Å². The van der Waals surface area contributed by atoms with Crippen LogP contribution in [0.4, 0.5) is 17.6 Å². The lowest BCUT2D eigenvalue weighted by molar-refractivity contribution is -0.220. The van der Waals surface area contributed by atoms with Gasteiger partial charge in [0.2, 0.25) is 35.6 Å². The number of nitrogens with zero attached hydrogens (tertiary/aromatic N) is 3. The van der Waals surface area contributed by atoms with Crippen LogP contribution in [0.15, 0.2) is 59.4 Å². The third-order valence-corrected chi connectivity index (χ3v) is 15.9. The Bertz CT molecular complexity index is 3570. The number of alkyl halides is 3. The van der Waals surface area contributed by atoms with Gasteiger partial charge in [0.1, 0.15) is 39.1 Å². The summed E-state index contributed by atoms with van der Waals surface area (Å²) in [4.78, 5) is 137. The summed E-state index contributed by atoms with van der Waals surface area (Å²) in [5, 5.41) is 28.6. The number of methoxy groups -OCH3 is 1. The highest BCUT2D eigenvalue weighted by atomic mass is 19.4. The van der Waals surface area contributed by atoms with Gasteiger partial charge >= 0.3 is 12.1 Å². The van der Waals surface area contributed by atoms with Crippen LogP contribution in [0.3, 0.4) is 0 Å². The predicted molar refractivity (Wildman–Crippen MR) is 307 cm³/mol. The summed E-state index contributed by atoms with van der Waals surface area (Å²) in [7, 11) is 7.43. The lowest BCUT2D eigenvalue weighted by atomic mass is 9.81. The maximum Gasteiger partial charge on any atom is 0.423 e. The highest BCUT2D eigenvalue weighted by Gasteiger charge is 2.49. The minimum absolute atomic E-state index is 0.00352. The zero-order chi connectivity index (χ0) is 64.9. The van der Waals surface area contributed by atoms with Gasteiger partial charge in [-0.3, -0.25) is 48.1 Å². The fourth-order valence-corrected chi connectivity index (χ4v) is 10.8. The Balaban J connectivity index is 0.856. The zero-order valence-corrected chi connectivity index (χ0v) is 49.5. The van der Waals surface area contributed by atoms with Crippen molar-refractivity contribution in [2.24, 2.45) is 0 Å². The van der Waals surface area contributed by atoms with Crippen molar-refractivity contribution in [3.8, 4) is 11.4 Å². The average Bonchev–Trinajstić information content (AvgIpc) is 1.74. The second-order valence-electron chi connectivity index (χ2n) is 22.7. The molecule has 8 rings (SSSR count). The van der Waals surface area contributed by atoms with E-state index < -0.39 is 145 Å². The Labute approximate surface area is 508 Å². The van der Waals surface area contributed by atoms with Crippen LogP contribution >= 0.6 is 0 Å². The van der Waals surface area contributed by atoms with Gasteiger partial charge in [-0.15, -0.1) is 0 Å². The number of amides is 8. The molecule has 4 aromatic rings. The molecule has 3 aliphatic heterocycles. The number of pyridine rings is 2. The Hall–Kier alpha value is -8.45. The third-order valence-electron chi connectivity index (χ3n) is 15.9. The number of imide groups is 1. The maximum absolute atomic E-state index is 15.5. The molecule has 6 atom stereocenters. The first kappa shape index (κ1) is 66.5. The summed E-state index contributed by atoms with van der Waals surface area (Å²) < 4.78 is 82.2. The van der Waals surface area contributed by atoms with E-state index in [1.807, 2.05) is 13.8 Å². The molecule has 8 N–H and O–H groups in total. The first-order valence-corrected chi connectivity index (χ1v) is 28.4. The van der Waals surface area contributed by atoms with Gasteiger partial charge in [-0.1, -0.05) is 37.3 Å². The molecule has 8 amide bonds. The molecule has 2 aromatic heterocycles. The summed E-state index contributed by atoms with van der Waals surface area (Å²) in [6, 6.07) is 6.82. The van der Waals surface area contributed by atoms with Gasteiger partial charge < -0.3 is 65.8 Å². The third kappa shape index (κ3) is 15.0. The molecule has 0 saturated heterocycles. The van der Waals surface area contributed by atoms with Crippen molar-refractivity contribution in [3.63, 3.8) is 0 Å². The lowest BCUT2D eigenvalue weighted by Crippen LogP contribution is -2.56. The number of nitrogens with one attached hydrogen (secondary N) is 7. The largest absolute Gasteiger partial charge is 0.458 e. The smallest absolute Gasteiger partial charge is 0.423 e. The van der Waals surface area contributed by atoms with Crippen molar-refractivity contribution in [2.45, 2.75) is 127 Å². The van der Waals surface area contributed by atoms with Crippen LogP contribution in [-0.2, 0) is 93.7 Å². The molecule has 1 aliphatic carbocycles. The topological polar surface area (TPSA) is 333 Å². The highest BCUT2D eigenvalue weighted by molar-refractivity contribution is 6.15. The van der Waals surface area contributed by atoms with Crippen LogP contribution in [0.5, 0.6) is 0 Å². The number of aryl methyl sites for hydroxylation is 1. The second kappa shape index (κ2) is 27.1. The Morgan fingerprint density at radius 3 is 2.21 bits per heavy atom. The molecule has 0 saturated carbocycles. The van der Waals surface area contributed by atoms with Gasteiger partial charge in [-0.05, 0) is 88.2 Å². The summed E-state index contributed by atoms with van der Waals surface area (Å²) in [6.45, 7) is 4.30. The first-order chi connectivity index (χ1) is 42.0. The van der Waals surface area contributed by atoms with Crippen LogP contribution in [-0.4, -0.2) is 169 Å². The number of carbonyl (C=O) groups is 9. The number of fused-ring (bicyclic) bond motifs is 5. The van der Waals surface area contributed by atoms with Gasteiger partial charge in [-0.25, -0.2) is 14.2 Å². The number of benzene rings is 2. The minimum Gasteiger partial charge on any atom is -0.458 e. The molecule has 0 bridgehead atoms. The van der Waals surface area contributed by atoms with E-state index in [4.69, 9.17) is 31.8 Å². The van der Waals surface area contributed by atoms with Crippen molar-refractivity contribution >= 4 is 72.0 Å². The Morgan fingerprint density at radius 1 is 0.888 bits per heavy atom. The van der Waals surface area contributed by atoms with Gasteiger partial charge in [-0.2, -0.15) is 13.2 Å². The van der Waals surface area contributed by atoms with Crippen molar-refractivity contribution in [3.05, 3.63) is 110 Å². The van der Waals surface area contributed by atoms with Gasteiger partial charge in [0.15, 0.2) is 5.60 Å². The molecule has 2 aromatic carbocycles. The maximum atomic E-state index is 15.5. The summed E-state index contributed by atoms with van der Waals surface area (Å²) >= 11 is 0. The predicted octanol–water partition coefficient (Wildman–Crippen LogP) is 0.328. The lowest BCUT2D eigenvalue weighted by Gasteiger charge is -2.32. The number of hydrogen-bond donors (Lipinski definition) is 8. The van der Waals surface area contributed by atoms with Crippen molar-refractivity contribution < 1.29 is 84.8 Å². The van der Waals surface area contributed by atoms with Crippen molar-refractivity contribution in [1.29, 1.82) is 0 Å². The molecular weight excluding hydrogens is 1180 g/mol.